The maximum Gasteiger partial charge on any atom is 0.187 e. The Morgan fingerprint density at radius 1 is 0.703 bits per heavy atom. The summed E-state index contributed by atoms with van der Waals surface area (Å²) in [5.41, 5.74) is 0.804. The zero-order valence-corrected chi connectivity index (χ0v) is 43.2. The SMILES string of the molecule is CO[C@]12C[C@H]3[C@@H]4CC=C5C[C@@H](O[C@@H]6O[C@H](CO)[C@H](O)[C@H](O[C@@H]7OC[C@@H](O)[C@H](O)[C@H]7O)[C@H]6O[C@@H]6O[C@@H](C)[C@H](O)[C@@H](O)[C@H]6O)CC[C@]5(C)[C@H]4CC[C@]3(C)[C@H]1[C@H](C)[C@](O)(CC[C@@H](C)CO[C@@H]1O[C@H](CO)[C@@H](O)[C@H](O)[C@H]1O)O2. The van der Waals surface area contributed by atoms with Gasteiger partial charge >= 0.3 is 0 Å². The predicted octanol–water partition coefficient (Wildman–Crippen LogP) is -2.39. The number of hydrogen-bond donors (Lipinski definition) is 13. The summed E-state index contributed by atoms with van der Waals surface area (Å²) < 4.78 is 61.2. The number of aliphatic hydroxyl groups excluding tert-OH is 12. The summed E-state index contributed by atoms with van der Waals surface area (Å²) in [6, 6.07) is 0. The molecule has 74 heavy (non-hydrogen) atoms. The van der Waals surface area contributed by atoms with Crippen molar-refractivity contribution in [1.82, 2.24) is 0 Å². The van der Waals surface area contributed by atoms with Crippen LogP contribution in [-0.4, -0.2) is 234 Å². The molecule has 30 atom stereocenters. The van der Waals surface area contributed by atoms with Gasteiger partial charge in [-0.2, -0.15) is 0 Å². The van der Waals surface area contributed by atoms with E-state index in [2.05, 4.69) is 19.9 Å². The highest BCUT2D eigenvalue weighted by atomic mass is 16.8. The van der Waals surface area contributed by atoms with Gasteiger partial charge in [0.25, 0.3) is 0 Å². The Morgan fingerprint density at radius 2 is 1.35 bits per heavy atom. The summed E-state index contributed by atoms with van der Waals surface area (Å²) in [5.74, 6) is -2.23. The first-order valence-corrected chi connectivity index (χ1v) is 26.8. The zero-order chi connectivity index (χ0) is 53.6. The van der Waals surface area contributed by atoms with Crippen LogP contribution >= 0.6 is 0 Å². The molecule has 4 aliphatic carbocycles. The number of aliphatic hydroxyl groups is 13. The van der Waals surface area contributed by atoms with Crippen LogP contribution in [0.3, 0.4) is 0 Å². The van der Waals surface area contributed by atoms with Crippen molar-refractivity contribution in [2.45, 2.75) is 227 Å². The molecule has 5 aliphatic heterocycles. The Bertz CT molecular complexity index is 1930. The van der Waals surface area contributed by atoms with Crippen molar-refractivity contribution < 1.29 is 114 Å². The summed E-state index contributed by atoms with van der Waals surface area (Å²) in [6.45, 7) is 8.57. The lowest BCUT2D eigenvalue weighted by Crippen LogP contribution is -2.66. The fraction of sp³-hybridized carbons (Fsp3) is 0.961. The van der Waals surface area contributed by atoms with E-state index < -0.39 is 154 Å². The van der Waals surface area contributed by atoms with E-state index in [-0.39, 0.29) is 41.1 Å². The van der Waals surface area contributed by atoms with Crippen LogP contribution in [0.1, 0.15) is 92.4 Å². The standard InChI is InChI=1S/C51H84O23/c1-21(19-66-44-39(62)37(60)34(57)30(17-52)70-44)9-14-50(64)22(2)43-49(5)13-11-27-26(28(49)16-51(43,65-6)74-50)8-7-24-15-25(10-12-48(24,27)4)69-47-42(73-46-40(63)36(59)32(55)23(3)68-46)41(35(58)31(18-53)71-47)72-45-38(61)33(56)29(54)20-67-45/h7,21-23,25-47,52-64H,8-20H2,1-6H3/t21-,22+,23+,25+,26-,27+,28+,29-,30-,31-,32+,33+,34-,35+,36-,37+,38-,39-,40-,41+,42-,43-,44-,45+,46+,47-,48+,49+,50+,51+/m1/s1. The summed E-state index contributed by atoms with van der Waals surface area (Å²) in [4.78, 5) is 0. The van der Waals surface area contributed by atoms with Gasteiger partial charge in [-0.15, -0.1) is 0 Å². The van der Waals surface area contributed by atoms with Crippen LogP contribution in [-0.2, 0) is 47.4 Å². The van der Waals surface area contributed by atoms with E-state index in [9.17, 15) is 66.4 Å². The van der Waals surface area contributed by atoms with Gasteiger partial charge in [0.05, 0.1) is 38.6 Å². The van der Waals surface area contributed by atoms with Crippen molar-refractivity contribution in [3.63, 3.8) is 0 Å². The second-order valence-electron chi connectivity index (χ2n) is 23.8. The van der Waals surface area contributed by atoms with E-state index >= 15 is 0 Å². The number of methoxy groups -OCH3 is 1. The number of ether oxygens (including phenoxy) is 10. The lowest BCUT2D eigenvalue weighted by atomic mass is 9.47. The molecule has 9 rings (SSSR count). The van der Waals surface area contributed by atoms with Crippen LogP contribution in [0.2, 0.25) is 0 Å². The number of hydrogen-bond acceptors (Lipinski definition) is 23. The molecule has 0 unspecified atom stereocenters. The average Bonchev–Trinajstić information content (AvgIpc) is 3.78. The molecule has 5 heterocycles. The largest absolute Gasteiger partial charge is 0.394 e. The van der Waals surface area contributed by atoms with Crippen molar-refractivity contribution >= 4 is 0 Å². The topological polar surface area (TPSA) is 355 Å². The van der Waals surface area contributed by atoms with Crippen LogP contribution in [0.25, 0.3) is 0 Å². The van der Waals surface area contributed by atoms with Gasteiger partial charge in [0.2, 0.25) is 0 Å². The van der Waals surface area contributed by atoms with Crippen molar-refractivity contribution in [1.29, 1.82) is 0 Å². The number of allylic oxidation sites excluding steroid dienone is 1. The molecule has 5 saturated heterocycles. The highest BCUT2D eigenvalue weighted by molar-refractivity contribution is 5.27. The molecule has 426 valence electrons. The Kier molecular flexibility index (Phi) is 17.1. The molecule has 13 N–H and O–H groups in total. The van der Waals surface area contributed by atoms with E-state index in [1.54, 1.807) is 7.11 Å². The first kappa shape index (κ1) is 57.5. The average molecular weight is 1070 g/mol. The zero-order valence-electron chi connectivity index (χ0n) is 43.2. The lowest BCUT2D eigenvalue weighted by molar-refractivity contribution is -0.390. The van der Waals surface area contributed by atoms with Crippen LogP contribution in [0.15, 0.2) is 11.6 Å². The molecule has 3 saturated carbocycles. The van der Waals surface area contributed by atoms with Gasteiger partial charge in [-0.3, -0.25) is 0 Å². The Morgan fingerprint density at radius 3 is 2.05 bits per heavy atom. The van der Waals surface area contributed by atoms with Gasteiger partial charge in [-0.05, 0) is 86.4 Å². The number of fused-ring (bicyclic) bond motifs is 7. The third-order valence-corrected chi connectivity index (χ3v) is 19.5. The minimum absolute atomic E-state index is 0.111. The van der Waals surface area contributed by atoms with Gasteiger partial charge in [-0.1, -0.05) is 39.3 Å². The molecule has 9 aliphatic rings. The Balaban J connectivity index is 0.878. The Labute approximate surface area is 431 Å². The summed E-state index contributed by atoms with van der Waals surface area (Å²) >= 11 is 0. The molecule has 0 radical (unpaired) electrons. The highest BCUT2D eigenvalue weighted by Gasteiger charge is 2.74. The monoisotopic (exact) mass is 1060 g/mol. The van der Waals surface area contributed by atoms with E-state index in [0.29, 0.717) is 43.9 Å². The van der Waals surface area contributed by atoms with Crippen molar-refractivity contribution in [2.24, 2.45) is 46.3 Å². The van der Waals surface area contributed by atoms with Crippen LogP contribution in [0, 0.1) is 46.3 Å². The molecule has 0 spiro atoms. The molecule has 23 heteroatoms. The van der Waals surface area contributed by atoms with E-state index in [0.717, 1.165) is 25.7 Å². The molecule has 23 nitrogen and oxygen atoms in total. The van der Waals surface area contributed by atoms with Crippen molar-refractivity contribution in [3.8, 4) is 0 Å². The van der Waals surface area contributed by atoms with Crippen LogP contribution in [0.4, 0.5) is 0 Å². The summed E-state index contributed by atoms with van der Waals surface area (Å²) in [6.07, 6.45) is -20.5. The molecular weight excluding hydrogens is 981 g/mol. The maximum atomic E-state index is 12.3. The van der Waals surface area contributed by atoms with Crippen LogP contribution < -0.4 is 0 Å². The molecular formula is C51H84O23. The molecule has 0 aromatic rings. The van der Waals surface area contributed by atoms with E-state index in [1.165, 1.54) is 12.5 Å². The van der Waals surface area contributed by atoms with Gasteiger partial charge in [0.15, 0.2) is 36.7 Å². The minimum atomic E-state index is -1.77. The third-order valence-electron chi connectivity index (χ3n) is 19.5. The van der Waals surface area contributed by atoms with Crippen molar-refractivity contribution in [3.05, 3.63) is 11.6 Å². The normalized spacial score (nSPS) is 54.9. The van der Waals surface area contributed by atoms with Gasteiger partial charge < -0.3 is 114 Å². The molecule has 0 aromatic carbocycles. The predicted molar refractivity (Wildman–Crippen MR) is 250 cm³/mol. The second kappa shape index (κ2) is 22.0. The first-order valence-electron chi connectivity index (χ1n) is 26.8. The fourth-order valence-corrected chi connectivity index (χ4v) is 15.0. The minimum Gasteiger partial charge on any atom is -0.394 e. The molecule has 0 aromatic heterocycles. The first-order chi connectivity index (χ1) is 34.9. The van der Waals surface area contributed by atoms with Crippen molar-refractivity contribution in [2.75, 3.05) is 33.5 Å². The summed E-state index contributed by atoms with van der Waals surface area (Å²) in [7, 11) is 1.66. The summed E-state index contributed by atoms with van der Waals surface area (Å²) in [5, 5.41) is 138. The molecule has 0 bridgehead atoms. The lowest BCUT2D eigenvalue weighted by Gasteiger charge is -2.58. The number of rotatable bonds is 15. The fourth-order valence-electron chi connectivity index (χ4n) is 15.0. The quantitative estimate of drug-likeness (QED) is 0.0761. The van der Waals surface area contributed by atoms with Gasteiger partial charge in [0, 0.05) is 31.8 Å². The molecule has 8 fully saturated rings. The van der Waals surface area contributed by atoms with E-state index in [4.69, 9.17) is 47.4 Å². The van der Waals surface area contributed by atoms with Gasteiger partial charge in [-0.25, -0.2) is 0 Å². The van der Waals surface area contributed by atoms with Gasteiger partial charge in [0.1, 0.15) is 85.5 Å². The Hall–Kier alpha value is -1.18. The third kappa shape index (κ3) is 10.00. The molecule has 0 amide bonds. The maximum absolute atomic E-state index is 12.3. The highest BCUT2D eigenvalue weighted by Crippen LogP contribution is 2.73. The smallest absolute Gasteiger partial charge is 0.187 e. The van der Waals surface area contributed by atoms with E-state index in [1.807, 2.05) is 13.8 Å². The van der Waals surface area contributed by atoms with Crippen LogP contribution in [0.5, 0.6) is 0 Å². The second-order valence-corrected chi connectivity index (χ2v) is 23.8.